The molecule has 6 aliphatic rings. The van der Waals surface area contributed by atoms with Gasteiger partial charge >= 0.3 is 17.9 Å². The minimum absolute atomic E-state index is 0.0876. The molecule has 3 N–H and O–H groups in total. The molecular formula is C94H85Cl3FN7O9. The van der Waals surface area contributed by atoms with Crippen LogP contribution in [0.3, 0.4) is 0 Å². The predicted molar refractivity (Wildman–Crippen MR) is 439 cm³/mol. The van der Waals surface area contributed by atoms with Crippen LogP contribution in [0, 0.1) is 68.9 Å². The van der Waals surface area contributed by atoms with E-state index in [9.17, 15) is 38.4 Å². The van der Waals surface area contributed by atoms with Crippen LogP contribution in [0.25, 0.3) is 66.1 Å². The van der Waals surface area contributed by atoms with E-state index < -0.39 is 17.9 Å². The van der Waals surface area contributed by atoms with E-state index in [0.29, 0.717) is 111 Å². The molecule has 0 unspecified atom stereocenters. The van der Waals surface area contributed by atoms with Crippen molar-refractivity contribution in [1.29, 1.82) is 5.26 Å². The summed E-state index contributed by atoms with van der Waals surface area (Å²) < 4.78 is 19.7. The number of Topliss-reactive ketones (excluding diaryl/α,β-unsaturated/α-hetero) is 3. The molecule has 578 valence electrons. The summed E-state index contributed by atoms with van der Waals surface area (Å²) in [6.45, 7) is 1.51. The maximum atomic E-state index is 14.2. The van der Waals surface area contributed by atoms with Crippen molar-refractivity contribution in [3.8, 4) is 39.4 Å². The zero-order valence-electron chi connectivity index (χ0n) is 62.9. The number of nitriles is 1. The quantitative estimate of drug-likeness (QED) is 0.0478. The minimum Gasteiger partial charge on any atom is -0.481 e. The van der Waals surface area contributed by atoms with E-state index in [1.807, 2.05) is 117 Å². The Bertz CT molecular complexity index is 5730. The summed E-state index contributed by atoms with van der Waals surface area (Å²) in [4.78, 5) is 73.2. The van der Waals surface area contributed by atoms with Gasteiger partial charge in [0.15, 0.2) is 17.3 Å². The summed E-state index contributed by atoms with van der Waals surface area (Å²) in [6, 6.07) is 61.7. The molecule has 0 bridgehead atoms. The number of carbonyl (C=O) groups is 6. The number of aliphatic carboxylic acids is 3. The molecule has 6 fully saturated rings. The van der Waals surface area contributed by atoms with Gasteiger partial charge < -0.3 is 15.3 Å². The Balaban J connectivity index is 0.000000129. The van der Waals surface area contributed by atoms with Crippen molar-refractivity contribution >= 4 is 103 Å². The number of benzene rings is 9. The summed E-state index contributed by atoms with van der Waals surface area (Å²) in [5.41, 5.74) is 14.5. The third-order valence-corrected chi connectivity index (χ3v) is 26.1. The normalized spacial score (nSPS) is 22.2. The van der Waals surface area contributed by atoms with Crippen LogP contribution >= 0.6 is 34.8 Å². The number of ketones is 3. The monoisotopic (exact) mass is 1580 g/mol. The molecule has 0 radical (unpaired) electrons. The number of carbonyl (C=O) groups excluding carboxylic acids is 3. The fourth-order valence-corrected chi connectivity index (χ4v) is 20.9. The standard InChI is InChI=1S/C32H28ClN3O3.C31H28ClFN2O3.C31H29ClN2O3/c33-28-9-8-26(29(37)11-22-13-32(14-22)15-23(16-32)12-30(38)39)31-27(28)18-35-36(31)19-20-4-6-24(7-5-20)25-3-1-2-21(10-25)17-34;32-26-10-9-24(28(36)11-20-13-31(14-20)15-21(16-31)12-29(37)38)30-25(26)17-34-35(30)18-19-5-7-22(8-6-19)23-3-1-2-4-27(23)33;32-27-11-10-25(28(35)12-21-14-31(15-21)16-22(17-31)13-29(36)37)30-26(27)18-33-34(30)19-20-6-8-24(9-7-20)23-4-2-1-3-5-23/h1-10,18,22-23H,11-16,19H2,(H,38,39);1-10,17,20-21H,11-16,18H2,(H,37,38);1-11,18,21-22H,12-17,19H2,(H,36,37). The summed E-state index contributed by atoms with van der Waals surface area (Å²) in [5, 5.41) is 54.0. The van der Waals surface area contributed by atoms with Crippen molar-refractivity contribution in [2.45, 2.75) is 135 Å². The van der Waals surface area contributed by atoms with Crippen molar-refractivity contribution < 1.29 is 48.5 Å². The molecule has 0 saturated heterocycles. The molecule has 12 aromatic rings. The molecular weight excluding hydrogens is 1500 g/mol. The molecule has 3 heterocycles. The molecule has 3 aromatic heterocycles. The number of hydrogen-bond donors (Lipinski definition) is 3. The number of carboxylic acid groups (broad SMARTS) is 3. The second-order valence-corrected chi connectivity index (χ2v) is 34.7. The van der Waals surface area contributed by atoms with E-state index in [2.05, 4.69) is 57.8 Å². The molecule has 0 aliphatic heterocycles. The topological polar surface area (TPSA) is 240 Å². The van der Waals surface area contributed by atoms with Crippen LogP contribution in [0.2, 0.25) is 15.1 Å². The number of rotatable bonds is 24. The second kappa shape index (κ2) is 32.2. The van der Waals surface area contributed by atoms with E-state index in [1.54, 1.807) is 61.1 Å². The lowest BCUT2D eigenvalue weighted by molar-refractivity contribution is -0.144. The van der Waals surface area contributed by atoms with E-state index in [-0.39, 0.29) is 64.6 Å². The highest BCUT2D eigenvalue weighted by molar-refractivity contribution is 6.37. The van der Waals surface area contributed by atoms with E-state index >= 15 is 0 Å². The summed E-state index contributed by atoms with van der Waals surface area (Å²) in [6.07, 6.45) is 19.4. The SMILES string of the molecule is N#Cc1cccc(-c2ccc(Cn3ncc4c(Cl)ccc(C(=O)CC5CC6(CC(CC(=O)O)C6)C5)c43)cc2)c1.O=C(O)CC1CC2(C1)CC(CC(=O)c1ccc(Cl)c3cnn(Cc4ccc(-c5ccccc5)cc4)c13)C2.O=C(O)CC1CC2(C1)CC(CC(=O)c1ccc(Cl)c3cnn(Cc4ccc(-c5ccccc5F)cc4)c13)C2. The van der Waals surface area contributed by atoms with Crippen molar-refractivity contribution in [2.75, 3.05) is 0 Å². The van der Waals surface area contributed by atoms with Crippen LogP contribution in [-0.4, -0.2) is 79.9 Å². The van der Waals surface area contributed by atoms with Crippen LogP contribution in [-0.2, 0) is 34.0 Å². The lowest BCUT2D eigenvalue weighted by atomic mass is 9.47. The molecule has 114 heavy (non-hydrogen) atoms. The Morgan fingerprint density at radius 2 is 0.684 bits per heavy atom. The lowest BCUT2D eigenvalue weighted by Gasteiger charge is -2.58. The lowest BCUT2D eigenvalue weighted by Crippen LogP contribution is -2.48. The Morgan fingerprint density at radius 1 is 0.377 bits per heavy atom. The first kappa shape index (κ1) is 77.1. The Kier molecular flexibility index (Phi) is 21.7. The molecule has 18 rings (SSSR count). The van der Waals surface area contributed by atoms with Crippen molar-refractivity contribution in [2.24, 2.45) is 51.8 Å². The van der Waals surface area contributed by atoms with E-state index in [1.165, 1.54) is 11.6 Å². The van der Waals surface area contributed by atoms with Gasteiger partial charge in [-0.05, 0) is 228 Å². The van der Waals surface area contributed by atoms with Crippen LogP contribution in [0.15, 0.2) is 207 Å². The van der Waals surface area contributed by atoms with Gasteiger partial charge in [0.1, 0.15) is 5.82 Å². The van der Waals surface area contributed by atoms with Gasteiger partial charge in [0, 0.05) is 76.9 Å². The molecule has 0 amide bonds. The summed E-state index contributed by atoms with van der Waals surface area (Å²) >= 11 is 19.5. The van der Waals surface area contributed by atoms with Gasteiger partial charge in [0.2, 0.25) is 0 Å². The number of halogens is 4. The average molecular weight is 1580 g/mol. The number of fused-ring (bicyclic) bond motifs is 3. The predicted octanol–water partition coefficient (Wildman–Crippen LogP) is 21.8. The molecule has 3 spiro atoms. The number of nitrogens with zero attached hydrogens (tertiary/aromatic N) is 7. The highest BCUT2D eigenvalue weighted by atomic mass is 35.5. The largest absolute Gasteiger partial charge is 0.481 e. The van der Waals surface area contributed by atoms with Crippen molar-refractivity contribution in [3.05, 3.63) is 266 Å². The third-order valence-electron chi connectivity index (χ3n) is 25.1. The van der Waals surface area contributed by atoms with Crippen molar-refractivity contribution in [1.82, 2.24) is 29.3 Å². The van der Waals surface area contributed by atoms with Gasteiger partial charge in [-0.3, -0.25) is 42.8 Å². The van der Waals surface area contributed by atoms with Crippen LogP contribution in [0.1, 0.15) is 169 Å². The van der Waals surface area contributed by atoms with Gasteiger partial charge in [-0.25, -0.2) is 4.39 Å². The number of hydrogen-bond acceptors (Lipinski definition) is 10. The smallest absolute Gasteiger partial charge is 0.303 e. The number of aromatic nitrogens is 6. The maximum absolute atomic E-state index is 14.2. The third kappa shape index (κ3) is 16.5. The molecule has 16 nitrogen and oxygen atoms in total. The van der Waals surface area contributed by atoms with Gasteiger partial charge in [0.05, 0.1) is 81.5 Å². The van der Waals surface area contributed by atoms with E-state index in [4.69, 9.17) is 50.1 Å². The van der Waals surface area contributed by atoms with Gasteiger partial charge in [-0.15, -0.1) is 0 Å². The first-order valence-corrected chi connectivity index (χ1v) is 40.4. The summed E-state index contributed by atoms with van der Waals surface area (Å²) in [5.74, 6) is -0.151. The first-order chi connectivity index (χ1) is 55.0. The Morgan fingerprint density at radius 3 is 1.03 bits per heavy atom. The fourth-order valence-electron chi connectivity index (χ4n) is 20.3. The highest BCUT2D eigenvalue weighted by Crippen LogP contribution is 2.65. The Hall–Kier alpha value is -10.9. The Labute approximate surface area is 674 Å². The zero-order chi connectivity index (χ0) is 79.2. The molecule has 9 aromatic carbocycles. The number of carboxylic acids is 3. The van der Waals surface area contributed by atoms with Crippen LogP contribution < -0.4 is 0 Å². The molecule has 6 saturated carbocycles. The maximum Gasteiger partial charge on any atom is 0.303 e. The molecule has 0 atom stereocenters. The van der Waals surface area contributed by atoms with Gasteiger partial charge in [-0.2, -0.15) is 20.6 Å². The minimum atomic E-state index is -0.722. The van der Waals surface area contributed by atoms with Crippen LogP contribution in [0.5, 0.6) is 0 Å². The molecule has 20 heteroatoms. The van der Waals surface area contributed by atoms with Crippen molar-refractivity contribution in [3.63, 3.8) is 0 Å². The van der Waals surface area contributed by atoms with Crippen LogP contribution in [0.4, 0.5) is 4.39 Å². The second-order valence-electron chi connectivity index (χ2n) is 33.4. The first-order valence-electron chi connectivity index (χ1n) is 39.3. The van der Waals surface area contributed by atoms with E-state index in [0.717, 1.165) is 149 Å². The van der Waals surface area contributed by atoms with Gasteiger partial charge in [0.25, 0.3) is 0 Å². The molecule has 6 aliphatic carbocycles. The highest BCUT2D eigenvalue weighted by Gasteiger charge is 2.55. The average Bonchev–Trinajstić information content (AvgIpc) is 0.775. The fraction of sp³-hybridized carbons (Fsp3) is 0.319. The zero-order valence-corrected chi connectivity index (χ0v) is 65.1. The summed E-state index contributed by atoms with van der Waals surface area (Å²) in [7, 11) is 0. The van der Waals surface area contributed by atoms with Gasteiger partial charge in [-0.1, -0.05) is 168 Å².